The number of aryl methyl sites for hydroxylation is 2. The first-order valence-electron chi connectivity index (χ1n) is 9.02. The van der Waals surface area contributed by atoms with Crippen LogP contribution in [0.3, 0.4) is 0 Å². The summed E-state index contributed by atoms with van der Waals surface area (Å²) in [6.45, 7) is 0.869. The van der Waals surface area contributed by atoms with E-state index in [0.717, 1.165) is 30.0 Å². The summed E-state index contributed by atoms with van der Waals surface area (Å²) in [5.74, 6) is 0.951. The first kappa shape index (κ1) is 17.3. The highest BCUT2D eigenvalue weighted by atomic mass is 19.1. The van der Waals surface area contributed by atoms with Crippen LogP contribution >= 0.6 is 0 Å². The average molecular weight is 365 g/mol. The molecular formula is C21H20FN3O2. The van der Waals surface area contributed by atoms with Crippen LogP contribution in [0.15, 0.2) is 54.7 Å². The van der Waals surface area contributed by atoms with Crippen molar-refractivity contribution in [2.45, 2.75) is 25.8 Å². The van der Waals surface area contributed by atoms with Crippen LogP contribution in [0.25, 0.3) is 11.3 Å². The van der Waals surface area contributed by atoms with E-state index in [1.165, 1.54) is 37.1 Å². The molecule has 0 atom stereocenters. The maximum atomic E-state index is 12.9. The first-order valence-corrected chi connectivity index (χ1v) is 9.02. The number of nitrogens with one attached hydrogen (secondary N) is 1. The van der Waals surface area contributed by atoms with Gasteiger partial charge >= 0.3 is 0 Å². The van der Waals surface area contributed by atoms with E-state index < -0.39 is 0 Å². The minimum Gasteiger partial charge on any atom is -0.484 e. The molecule has 138 valence electrons. The van der Waals surface area contributed by atoms with Crippen LogP contribution in [-0.4, -0.2) is 22.1 Å². The molecule has 5 nitrogen and oxygen atoms in total. The standard InChI is InChI=1S/C21H20FN3O2/c22-16-7-9-18(10-8-16)27-14-21(26)23-17-5-3-4-15(12-17)19-13-25-11-2-1-6-20(25)24-19/h3-5,7-10,12-13H,1-2,6,11,14H2,(H,23,26). The van der Waals surface area contributed by atoms with Gasteiger partial charge in [-0.15, -0.1) is 0 Å². The van der Waals surface area contributed by atoms with E-state index in [1.54, 1.807) is 0 Å². The Balaban J connectivity index is 1.40. The lowest BCUT2D eigenvalue weighted by molar-refractivity contribution is -0.118. The topological polar surface area (TPSA) is 56.1 Å². The SMILES string of the molecule is O=C(COc1ccc(F)cc1)Nc1cccc(-c2cn3c(n2)CCCC3)c1. The second-order valence-electron chi connectivity index (χ2n) is 6.56. The maximum absolute atomic E-state index is 12.9. The molecule has 1 aliphatic rings. The number of rotatable bonds is 5. The van der Waals surface area contributed by atoms with Gasteiger partial charge < -0.3 is 14.6 Å². The van der Waals surface area contributed by atoms with Gasteiger partial charge in [0.2, 0.25) is 0 Å². The Morgan fingerprint density at radius 2 is 2.04 bits per heavy atom. The summed E-state index contributed by atoms with van der Waals surface area (Å²) in [5, 5.41) is 2.82. The lowest BCUT2D eigenvalue weighted by Crippen LogP contribution is -2.20. The maximum Gasteiger partial charge on any atom is 0.262 e. The summed E-state index contributed by atoms with van der Waals surface area (Å²) in [4.78, 5) is 16.8. The molecule has 3 aromatic rings. The summed E-state index contributed by atoms with van der Waals surface area (Å²) < 4.78 is 20.5. The van der Waals surface area contributed by atoms with Crippen molar-refractivity contribution in [1.82, 2.24) is 9.55 Å². The van der Waals surface area contributed by atoms with Crippen molar-refractivity contribution in [3.8, 4) is 17.0 Å². The molecule has 27 heavy (non-hydrogen) atoms. The highest BCUT2D eigenvalue weighted by Gasteiger charge is 2.13. The molecule has 1 aromatic heterocycles. The normalized spacial score (nSPS) is 13.1. The Hall–Kier alpha value is -3.15. The Labute approximate surface area is 156 Å². The number of amides is 1. The van der Waals surface area contributed by atoms with Crippen molar-refractivity contribution in [3.05, 3.63) is 66.4 Å². The summed E-state index contributed by atoms with van der Waals surface area (Å²) in [6, 6.07) is 13.2. The van der Waals surface area contributed by atoms with Crippen molar-refractivity contribution in [1.29, 1.82) is 0 Å². The highest BCUT2D eigenvalue weighted by Crippen LogP contribution is 2.24. The number of hydrogen-bond donors (Lipinski definition) is 1. The van der Waals surface area contributed by atoms with E-state index in [-0.39, 0.29) is 18.3 Å². The van der Waals surface area contributed by atoms with Crippen molar-refractivity contribution in [2.75, 3.05) is 11.9 Å². The van der Waals surface area contributed by atoms with Crippen LogP contribution in [-0.2, 0) is 17.8 Å². The average Bonchev–Trinajstić information content (AvgIpc) is 3.12. The molecule has 4 rings (SSSR count). The van der Waals surface area contributed by atoms with Gasteiger partial charge in [0.05, 0.1) is 5.69 Å². The molecule has 0 spiro atoms. The summed E-state index contributed by atoms with van der Waals surface area (Å²) in [5.41, 5.74) is 2.57. The van der Waals surface area contributed by atoms with Crippen LogP contribution in [0, 0.1) is 5.82 Å². The molecule has 0 radical (unpaired) electrons. The summed E-state index contributed by atoms with van der Waals surface area (Å²) >= 11 is 0. The zero-order chi connectivity index (χ0) is 18.6. The van der Waals surface area contributed by atoms with Crippen LogP contribution in [0.5, 0.6) is 5.75 Å². The van der Waals surface area contributed by atoms with E-state index in [9.17, 15) is 9.18 Å². The van der Waals surface area contributed by atoms with E-state index >= 15 is 0 Å². The second-order valence-corrected chi connectivity index (χ2v) is 6.56. The molecule has 0 aliphatic carbocycles. The zero-order valence-corrected chi connectivity index (χ0v) is 14.8. The number of halogens is 1. The molecule has 2 aromatic carbocycles. The van der Waals surface area contributed by atoms with E-state index in [2.05, 4.69) is 16.1 Å². The molecule has 0 saturated carbocycles. The molecule has 0 unspecified atom stereocenters. The van der Waals surface area contributed by atoms with E-state index in [1.807, 2.05) is 24.3 Å². The molecule has 2 heterocycles. The Bertz CT molecular complexity index is 927. The minimum atomic E-state index is -0.343. The van der Waals surface area contributed by atoms with Crippen LogP contribution in [0.4, 0.5) is 10.1 Å². The number of carbonyl (C=O) groups excluding carboxylic acids is 1. The third kappa shape index (κ3) is 4.16. The molecule has 0 bridgehead atoms. The van der Waals surface area contributed by atoms with Crippen molar-refractivity contribution in [3.63, 3.8) is 0 Å². The fourth-order valence-electron chi connectivity index (χ4n) is 3.18. The molecule has 1 amide bonds. The quantitative estimate of drug-likeness (QED) is 0.742. The van der Waals surface area contributed by atoms with Crippen molar-refractivity contribution >= 4 is 11.6 Å². The first-order chi connectivity index (χ1) is 13.2. The molecule has 0 fully saturated rings. The van der Waals surface area contributed by atoms with Crippen molar-refractivity contribution < 1.29 is 13.9 Å². The highest BCUT2D eigenvalue weighted by molar-refractivity contribution is 5.92. The monoisotopic (exact) mass is 365 g/mol. The number of fused-ring (bicyclic) bond motifs is 1. The number of imidazole rings is 1. The number of nitrogens with zero attached hydrogens (tertiary/aromatic N) is 2. The van der Waals surface area contributed by atoms with Gasteiger partial charge in [-0.1, -0.05) is 12.1 Å². The fraction of sp³-hybridized carbons (Fsp3) is 0.238. The van der Waals surface area contributed by atoms with Gasteiger partial charge in [-0.2, -0.15) is 0 Å². The van der Waals surface area contributed by atoms with Gasteiger partial charge in [0.25, 0.3) is 5.91 Å². The number of carbonyl (C=O) groups is 1. The number of anilines is 1. The Kier molecular flexibility index (Phi) is 4.87. The predicted molar refractivity (Wildman–Crippen MR) is 101 cm³/mol. The van der Waals surface area contributed by atoms with Gasteiger partial charge in [0.15, 0.2) is 6.61 Å². The zero-order valence-electron chi connectivity index (χ0n) is 14.8. The van der Waals surface area contributed by atoms with E-state index in [4.69, 9.17) is 9.72 Å². The van der Waals surface area contributed by atoms with Gasteiger partial charge in [0, 0.05) is 30.4 Å². The Morgan fingerprint density at radius 3 is 2.85 bits per heavy atom. The van der Waals surface area contributed by atoms with Crippen LogP contribution in [0.2, 0.25) is 0 Å². The molecular weight excluding hydrogens is 345 g/mol. The number of aromatic nitrogens is 2. The minimum absolute atomic E-state index is 0.144. The third-order valence-corrected chi connectivity index (χ3v) is 4.53. The summed E-state index contributed by atoms with van der Waals surface area (Å²) in [7, 11) is 0. The smallest absolute Gasteiger partial charge is 0.262 e. The predicted octanol–water partition coefficient (Wildman–Crippen LogP) is 4.04. The van der Waals surface area contributed by atoms with Gasteiger partial charge in [-0.3, -0.25) is 4.79 Å². The number of ether oxygens (including phenoxy) is 1. The second kappa shape index (κ2) is 7.61. The van der Waals surface area contributed by atoms with Crippen molar-refractivity contribution in [2.24, 2.45) is 0 Å². The van der Waals surface area contributed by atoms with E-state index in [0.29, 0.717) is 11.4 Å². The molecule has 0 saturated heterocycles. The number of benzene rings is 2. The fourth-order valence-corrected chi connectivity index (χ4v) is 3.18. The van der Waals surface area contributed by atoms with Crippen LogP contribution in [0.1, 0.15) is 18.7 Å². The number of hydrogen-bond acceptors (Lipinski definition) is 3. The molecule has 1 N–H and O–H groups in total. The van der Waals surface area contributed by atoms with Crippen LogP contribution < -0.4 is 10.1 Å². The lowest BCUT2D eigenvalue weighted by Gasteiger charge is -2.11. The van der Waals surface area contributed by atoms with Gasteiger partial charge in [-0.05, 0) is 49.2 Å². The molecule has 1 aliphatic heterocycles. The molecule has 6 heteroatoms. The van der Waals surface area contributed by atoms with Gasteiger partial charge in [-0.25, -0.2) is 9.37 Å². The third-order valence-electron chi connectivity index (χ3n) is 4.53. The van der Waals surface area contributed by atoms with Gasteiger partial charge in [0.1, 0.15) is 17.4 Å². The lowest BCUT2D eigenvalue weighted by atomic mass is 10.1. The summed E-state index contributed by atoms with van der Waals surface area (Å²) in [6.07, 6.45) is 5.46. The largest absolute Gasteiger partial charge is 0.484 e. The Morgan fingerprint density at radius 1 is 1.19 bits per heavy atom.